The molecule has 0 aliphatic heterocycles. The minimum absolute atomic E-state index is 0.120. The van der Waals surface area contributed by atoms with Crippen LogP contribution in [0.4, 0.5) is 5.13 Å². The van der Waals surface area contributed by atoms with Gasteiger partial charge in [0.1, 0.15) is 10.8 Å². The Morgan fingerprint density at radius 2 is 1.95 bits per heavy atom. The number of thioether (sulfide) groups is 1. The first kappa shape index (κ1) is 16.9. The Hall–Kier alpha value is -1.48. The number of hydrogen-bond donors (Lipinski definition) is 1. The number of amides is 1. The zero-order valence-electron chi connectivity index (χ0n) is 13.3. The quantitative estimate of drug-likeness (QED) is 0.814. The fourth-order valence-corrected chi connectivity index (χ4v) is 3.38. The van der Waals surface area contributed by atoms with Crippen LogP contribution in [0.15, 0.2) is 5.16 Å². The van der Waals surface area contributed by atoms with E-state index in [1.165, 1.54) is 23.1 Å². The van der Waals surface area contributed by atoms with Gasteiger partial charge in [0.2, 0.25) is 11.0 Å². The summed E-state index contributed by atoms with van der Waals surface area (Å²) in [4.78, 5) is 12.0. The van der Waals surface area contributed by atoms with Crippen LogP contribution in [0.25, 0.3) is 0 Å². The van der Waals surface area contributed by atoms with Crippen molar-refractivity contribution < 1.29 is 4.79 Å². The second kappa shape index (κ2) is 7.19. The number of hydrogen-bond acceptors (Lipinski definition) is 7. The van der Waals surface area contributed by atoms with Gasteiger partial charge in [-0.3, -0.25) is 10.1 Å². The van der Waals surface area contributed by atoms with E-state index in [-0.39, 0.29) is 17.7 Å². The number of carbonyl (C=O) groups excluding carboxylic acids is 1. The van der Waals surface area contributed by atoms with E-state index in [0.717, 1.165) is 16.0 Å². The Balaban J connectivity index is 2.00. The largest absolute Gasteiger partial charge is 0.303 e. The first-order valence-corrected chi connectivity index (χ1v) is 8.86. The van der Waals surface area contributed by atoms with Crippen LogP contribution in [0, 0.1) is 6.92 Å². The van der Waals surface area contributed by atoms with Gasteiger partial charge in [-0.1, -0.05) is 36.9 Å². The summed E-state index contributed by atoms with van der Waals surface area (Å²) in [6.45, 7) is 10.2. The highest BCUT2D eigenvalue weighted by Gasteiger charge is 2.18. The zero-order chi connectivity index (χ0) is 16.3. The third-order valence-corrected chi connectivity index (χ3v) is 4.53. The maximum atomic E-state index is 12.0. The zero-order valence-corrected chi connectivity index (χ0v) is 15.0. The third-order valence-electron chi connectivity index (χ3n) is 2.83. The number of rotatable bonds is 6. The fraction of sp³-hybridized carbons (Fsp3) is 0.615. The van der Waals surface area contributed by atoms with Crippen LogP contribution in [0.5, 0.6) is 0 Å². The molecule has 0 unspecified atom stereocenters. The molecule has 2 aromatic rings. The van der Waals surface area contributed by atoms with Gasteiger partial charge in [-0.05, 0) is 20.8 Å². The predicted molar refractivity (Wildman–Crippen MR) is 88.5 cm³/mol. The number of nitrogens with one attached hydrogen (secondary N) is 1. The molecule has 0 radical (unpaired) electrons. The van der Waals surface area contributed by atoms with Crippen LogP contribution < -0.4 is 5.32 Å². The van der Waals surface area contributed by atoms with Crippen LogP contribution in [0.1, 0.15) is 50.5 Å². The molecular weight excluding hydrogens is 320 g/mol. The van der Waals surface area contributed by atoms with Gasteiger partial charge in [-0.25, -0.2) is 0 Å². The second-order valence-corrected chi connectivity index (χ2v) is 7.55. The number of anilines is 1. The molecule has 1 amide bonds. The van der Waals surface area contributed by atoms with E-state index in [1.807, 2.05) is 6.92 Å². The first-order valence-electron chi connectivity index (χ1n) is 7.06. The molecule has 0 saturated heterocycles. The highest BCUT2D eigenvalue weighted by molar-refractivity contribution is 7.99. The summed E-state index contributed by atoms with van der Waals surface area (Å²) < 4.78 is 2.08. The lowest BCUT2D eigenvalue weighted by molar-refractivity contribution is -0.113. The smallest absolute Gasteiger partial charge is 0.236 e. The van der Waals surface area contributed by atoms with E-state index >= 15 is 0 Å². The molecule has 0 atom stereocenters. The van der Waals surface area contributed by atoms with Gasteiger partial charge in [0.15, 0.2) is 5.16 Å². The molecule has 0 aliphatic carbocycles. The van der Waals surface area contributed by atoms with Crippen molar-refractivity contribution in [2.45, 2.75) is 51.7 Å². The first-order chi connectivity index (χ1) is 10.4. The molecule has 2 heterocycles. The summed E-state index contributed by atoms with van der Waals surface area (Å²) in [7, 11) is 0. The van der Waals surface area contributed by atoms with Gasteiger partial charge in [0.05, 0.1) is 5.75 Å². The summed E-state index contributed by atoms with van der Waals surface area (Å²) in [5.74, 6) is 1.38. The molecule has 7 nitrogen and oxygen atoms in total. The topological polar surface area (TPSA) is 85.6 Å². The Bertz CT molecular complexity index is 649. The van der Waals surface area contributed by atoms with Crippen LogP contribution in [-0.4, -0.2) is 36.6 Å². The minimum atomic E-state index is -0.120. The minimum Gasteiger partial charge on any atom is -0.303 e. The van der Waals surface area contributed by atoms with Gasteiger partial charge >= 0.3 is 0 Å². The van der Waals surface area contributed by atoms with E-state index in [0.29, 0.717) is 11.0 Å². The van der Waals surface area contributed by atoms with Crippen molar-refractivity contribution in [2.24, 2.45) is 0 Å². The van der Waals surface area contributed by atoms with Crippen LogP contribution in [0.2, 0.25) is 0 Å². The Morgan fingerprint density at radius 1 is 1.23 bits per heavy atom. The molecule has 0 aliphatic rings. The van der Waals surface area contributed by atoms with E-state index in [4.69, 9.17) is 0 Å². The van der Waals surface area contributed by atoms with Gasteiger partial charge < -0.3 is 4.57 Å². The van der Waals surface area contributed by atoms with E-state index in [2.05, 4.69) is 58.0 Å². The van der Waals surface area contributed by atoms with E-state index < -0.39 is 0 Å². The summed E-state index contributed by atoms with van der Waals surface area (Å²) in [6, 6.07) is 0.253. The average Bonchev–Trinajstić information content (AvgIpc) is 3.02. The monoisotopic (exact) mass is 340 g/mol. The Morgan fingerprint density at radius 3 is 2.50 bits per heavy atom. The molecule has 22 heavy (non-hydrogen) atoms. The molecule has 1 N–H and O–H groups in total. The molecule has 0 bridgehead atoms. The van der Waals surface area contributed by atoms with Gasteiger partial charge in [-0.15, -0.1) is 20.4 Å². The van der Waals surface area contributed by atoms with Gasteiger partial charge in [-0.2, -0.15) is 0 Å². The molecule has 2 aromatic heterocycles. The maximum Gasteiger partial charge on any atom is 0.236 e. The third kappa shape index (κ3) is 4.04. The van der Waals surface area contributed by atoms with Crippen molar-refractivity contribution in [1.29, 1.82) is 0 Å². The molecule has 120 valence electrons. The summed E-state index contributed by atoms with van der Waals surface area (Å²) in [5, 5.41) is 21.1. The molecular formula is C13H20N6OS2. The highest BCUT2D eigenvalue weighted by Crippen LogP contribution is 2.25. The summed E-state index contributed by atoms with van der Waals surface area (Å²) >= 11 is 2.74. The Labute approximate surface area is 137 Å². The average molecular weight is 340 g/mol. The number of carbonyl (C=O) groups is 1. The highest BCUT2D eigenvalue weighted by atomic mass is 32.2. The molecule has 2 rings (SSSR count). The van der Waals surface area contributed by atoms with Gasteiger partial charge in [0.25, 0.3) is 0 Å². The van der Waals surface area contributed by atoms with E-state index in [9.17, 15) is 4.79 Å². The maximum absolute atomic E-state index is 12.0. The molecule has 9 heteroatoms. The van der Waals surface area contributed by atoms with Crippen molar-refractivity contribution in [2.75, 3.05) is 11.1 Å². The lowest BCUT2D eigenvalue weighted by Gasteiger charge is -2.15. The standard InChI is InChI=1S/C13H20N6OS2/c1-7(2)11-16-18-13(19(11)8(3)4)21-6-10(20)14-12-17-15-9(5)22-12/h7-8H,6H2,1-5H3,(H,14,17,20). The number of nitrogens with zero attached hydrogens (tertiary/aromatic N) is 5. The van der Waals surface area contributed by atoms with Crippen molar-refractivity contribution >= 4 is 34.1 Å². The van der Waals surface area contributed by atoms with E-state index in [1.54, 1.807) is 0 Å². The SMILES string of the molecule is Cc1nnc(NC(=O)CSc2nnc(C(C)C)n2C(C)C)s1. The summed E-state index contributed by atoms with van der Waals surface area (Å²) in [5.41, 5.74) is 0. The van der Waals surface area contributed by atoms with Crippen LogP contribution in [-0.2, 0) is 4.79 Å². The van der Waals surface area contributed by atoms with Crippen molar-refractivity contribution in [1.82, 2.24) is 25.0 Å². The van der Waals surface area contributed by atoms with Crippen molar-refractivity contribution in [3.05, 3.63) is 10.8 Å². The van der Waals surface area contributed by atoms with Crippen LogP contribution in [0.3, 0.4) is 0 Å². The van der Waals surface area contributed by atoms with Crippen molar-refractivity contribution in [3.8, 4) is 0 Å². The number of aromatic nitrogens is 5. The van der Waals surface area contributed by atoms with Gasteiger partial charge in [0, 0.05) is 12.0 Å². The second-order valence-electron chi connectivity index (χ2n) is 5.42. The summed E-state index contributed by atoms with van der Waals surface area (Å²) in [6.07, 6.45) is 0. The molecule has 0 aromatic carbocycles. The molecule has 0 spiro atoms. The number of aryl methyl sites for hydroxylation is 1. The van der Waals surface area contributed by atoms with Crippen molar-refractivity contribution in [3.63, 3.8) is 0 Å². The Kier molecular flexibility index (Phi) is 5.52. The molecule has 0 saturated carbocycles. The molecule has 0 fully saturated rings. The lowest BCUT2D eigenvalue weighted by Crippen LogP contribution is -2.15. The fourth-order valence-electron chi connectivity index (χ4n) is 1.90. The normalized spacial score (nSPS) is 11.4. The predicted octanol–water partition coefficient (Wildman–Crippen LogP) is 2.87. The van der Waals surface area contributed by atoms with Crippen LogP contribution >= 0.6 is 23.1 Å². The lowest BCUT2D eigenvalue weighted by atomic mass is 10.2.